The number of benzene rings is 1. The summed E-state index contributed by atoms with van der Waals surface area (Å²) in [7, 11) is 0. The van der Waals surface area contributed by atoms with Gasteiger partial charge in [-0.3, -0.25) is 9.36 Å². The molecule has 11 nitrogen and oxygen atoms in total. The van der Waals surface area contributed by atoms with E-state index < -0.39 is 61.9 Å². The standard InChI is InChI=1S/C22H22ClF6N7O4/c23-14-3-1-13(2-4-14)17-32-36(20(39)34(17)11-15(37)22(27,28)29)12-16-30-18(19(38)33-7-9-40-10-8-33)35(31-16)6-5-21(24,25)26/h1-4,15,37H,5-12H2/t15-/m0/s1. The van der Waals surface area contributed by atoms with E-state index >= 15 is 0 Å². The van der Waals surface area contributed by atoms with Crippen LogP contribution in [-0.4, -0.2) is 89.8 Å². The van der Waals surface area contributed by atoms with Gasteiger partial charge in [0.2, 0.25) is 5.82 Å². The highest BCUT2D eigenvalue weighted by atomic mass is 35.5. The number of nitrogens with zero attached hydrogens (tertiary/aromatic N) is 7. The van der Waals surface area contributed by atoms with Gasteiger partial charge in [-0.2, -0.15) is 31.4 Å². The van der Waals surface area contributed by atoms with E-state index in [0.29, 0.717) is 14.3 Å². The van der Waals surface area contributed by atoms with Crippen LogP contribution in [0.25, 0.3) is 11.4 Å². The summed E-state index contributed by atoms with van der Waals surface area (Å²) in [5.41, 5.74) is -0.887. The highest BCUT2D eigenvalue weighted by Crippen LogP contribution is 2.24. The Morgan fingerprint density at radius 1 is 1.05 bits per heavy atom. The van der Waals surface area contributed by atoms with Crippen LogP contribution in [0.15, 0.2) is 29.1 Å². The minimum absolute atomic E-state index is 0.177. The summed E-state index contributed by atoms with van der Waals surface area (Å²) in [5.74, 6) is -1.62. The molecule has 1 atom stereocenters. The summed E-state index contributed by atoms with van der Waals surface area (Å²) < 4.78 is 85.2. The van der Waals surface area contributed by atoms with Crippen LogP contribution in [0.2, 0.25) is 5.02 Å². The summed E-state index contributed by atoms with van der Waals surface area (Å²) >= 11 is 5.87. The van der Waals surface area contributed by atoms with Gasteiger partial charge in [0, 0.05) is 23.7 Å². The maximum absolute atomic E-state index is 13.1. The van der Waals surface area contributed by atoms with E-state index in [4.69, 9.17) is 16.3 Å². The van der Waals surface area contributed by atoms with Crippen molar-refractivity contribution >= 4 is 17.5 Å². The Bertz CT molecular complexity index is 1390. The van der Waals surface area contributed by atoms with Crippen LogP contribution >= 0.6 is 11.6 Å². The number of morpholine rings is 1. The molecular formula is C22H22ClF6N7O4. The molecule has 18 heteroatoms. The fraction of sp³-hybridized carbons (Fsp3) is 0.500. The van der Waals surface area contributed by atoms with Crippen molar-refractivity contribution in [3.05, 3.63) is 51.4 Å². The van der Waals surface area contributed by atoms with Gasteiger partial charge in [-0.25, -0.2) is 19.1 Å². The van der Waals surface area contributed by atoms with Gasteiger partial charge in [-0.1, -0.05) is 11.6 Å². The number of rotatable bonds is 8. The van der Waals surface area contributed by atoms with E-state index in [1.807, 2.05) is 0 Å². The van der Waals surface area contributed by atoms with E-state index in [1.54, 1.807) is 0 Å². The van der Waals surface area contributed by atoms with E-state index in [0.717, 1.165) is 4.68 Å². The zero-order valence-corrected chi connectivity index (χ0v) is 21.2. The number of aryl methyl sites for hydroxylation is 1. The zero-order valence-electron chi connectivity index (χ0n) is 20.5. The summed E-state index contributed by atoms with van der Waals surface area (Å²) in [5, 5.41) is 17.9. The molecule has 4 rings (SSSR count). The topological polar surface area (TPSA) is 120 Å². The number of hydrogen-bond acceptors (Lipinski definition) is 7. The maximum Gasteiger partial charge on any atom is 0.416 e. The molecule has 2 aromatic heterocycles. The number of aromatic nitrogens is 6. The minimum Gasteiger partial charge on any atom is -0.382 e. The van der Waals surface area contributed by atoms with Crippen LogP contribution in [0.5, 0.6) is 0 Å². The Labute approximate surface area is 226 Å². The van der Waals surface area contributed by atoms with Gasteiger partial charge >= 0.3 is 18.0 Å². The number of alkyl halides is 6. The molecule has 1 aromatic carbocycles. The molecule has 218 valence electrons. The third kappa shape index (κ3) is 7.00. The Morgan fingerprint density at radius 3 is 2.30 bits per heavy atom. The average molecular weight is 598 g/mol. The van der Waals surface area contributed by atoms with E-state index in [-0.39, 0.29) is 43.5 Å². The van der Waals surface area contributed by atoms with Crippen molar-refractivity contribution in [3.8, 4) is 11.4 Å². The Hall–Kier alpha value is -3.44. The molecular weight excluding hydrogens is 576 g/mol. The third-order valence-electron chi connectivity index (χ3n) is 5.86. The lowest BCUT2D eigenvalue weighted by Crippen LogP contribution is -2.42. The molecule has 3 heterocycles. The van der Waals surface area contributed by atoms with Crippen molar-refractivity contribution in [2.24, 2.45) is 0 Å². The van der Waals surface area contributed by atoms with Gasteiger partial charge in [-0.15, -0.1) is 5.10 Å². The van der Waals surface area contributed by atoms with Gasteiger partial charge in [0.15, 0.2) is 17.8 Å². The van der Waals surface area contributed by atoms with Crippen LogP contribution in [0.1, 0.15) is 22.9 Å². The molecule has 1 amide bonds. The molecule has 0 aliphatic carbocycles. The highest BCUT2D eigenvalue weighted by molar-refractivity contribution is 6.30. The number of halogens is 7. The molecule has 40 heavy (non-hydrogen) atoms. The van der Waals surface area contributed by atoms with Crippen molar-refractivity contribution in [2.75, 3.05) is 26.3 Å². The van der Waals surface area contributed by atoms with Crippen LogP contribution in [-0.2, 0) is 24.4 Å². The molecule has 0 bridgehead atoms. The second kappa shape index (κ2) is 11.6. The monoisotopic (exact) mass is 597 g/mol. The normalized spacial score (nSPS) is 15.4. The van der Waals surface area contributed by atoms with E-state index in [2.05, 4.69) is 15.2 Å². The Balaban J connectivity index is 1.71. The first kappa shape index (κ1) is 29.5. The predicted octanol–water partition coefficient (Wildman–Crippen LogP) is 2.35. The number of hydrogen-bond donors (Lipinski definition) is 1. The van der Waals surface area contributed by atoms with Gasteiger partial charge in [0.05, 0.1) is 32.7 Å². The second-order valence-electron chi connectivity index (χ2n) is 8.78. The molecule has 1 saturated heterocycles. The van der Waals surface area contributed by atoms with Crippen molar-refractivity contribution < 1.29 is 41.0 Å². The third-order valence-corrected chi connectivity index (χ3v) is 6.11. The molecule has 3 aromatic rings. The average Bonchev–Trinajstić information content (AvgIpc) is 3.43. The summed E-state index contributed by atoms with van der Waals surface area (Å²) in [6.45, 7) is -1.71. The van der Waals surface area contributed by atoms with Crippen LogP contribution in [0.3, 0.4) is 0 Å². The molecule has 1 aliphatic rings. The number of ether oxygens (including phenoxy) is 1. The smallest absolute Gasteiger partial charge is 0.382 e. The molecule has 0 saturated carbocycles. The van der Waals surface area contributed by atoms with Crippen LogP contribution in [0.4, 0.5) is 26.3 Å². The van der Waals surface area contributed by atoms with Crippen LogP contribution in [0, 0.1) is 0 Å². The molecule has 0 spiro atoms. The van der Waals surface area contributed by atoms with Gasteiger partial charge in [-0.05, 0) is 24.3 Å². The lowest BCUT2D eigenvalue weighted by molar-refractivity contribution is -0.207. The highest BCUT2D eigenvalue weighted by Gasteiger charge is 2.39. The van der Waals surface area contributed by atoms with Crippen molar-refractivity contribution in [3.63, 3.8) is 0 Å². The Morgan fingerprint density at radius 2 is 1.70 bits per heavy atom. The molecule has 0 radical (unpaired) electrons. The first-order valence-corrected chi connectivity index (χ1v) is 12.2. The van der Waals surface area contributed by atoms with E-state index in [1.165, 1.54) is 29.2 Å². The summed E-state index contributed by atoms with van der Waals surface area (Å²) in [6, 6.07) is 5.62. The molecule has 1 N–H and O–H groups in total. The first-order chi connectivity index (χ1) is 18.7. The van der Waals surface area contributed by atoms with E-state index in [9.17, 15) is 41.0 Å². The summed E-state index contributed by atoms with van der Waals surface area (Å²) in [6.07, 6.45) is -13.8. The fourth-order valence-electron chi connectivity index (χ4n) is 3.84. The second-order valence-corrected chi connectivity index (χ2v) is 9.22. The van der Waals surface area contributed by atoms with Gasteiger partial charge in [0.25, 0.3) is 5.91 Å². The number of amides is 1. The quantitative estimate of drug-likeness (QED) is 0.396. The minimum atomic E-state index is -5.04. The van der Waals surface area contributed by atoms with Gasteiger partial charge < -0.3 is 14.7 Å². The largest absolute Gasteiger partial charge is 0.416 e. The lowest BCUT2D eigenvalue weighted by Gasteiger charge is -2.26. The van der Waals surface area contributed by atoms with Crippen LogP contribution < -0.4 is 5.69 Å². The lowest BCUT2D eigenvalue weighted by atomic mass is 10.2. The van der Waals surface area contributed by atoms with Crippen molar-refractivity contribution in [1.29, 1.82) is 0 Å². The molecule has 1 fully saturated rings. The Kier molecular flexibility index (Phi) is 8.55. The number of aliphatic hydroxyl groups is 1. The van der Waals surface area contributed by atoms with Crippen molar-refractivity contribution in [2.45, 2.75) is 44.5 Å². The predicted molar refractivity (Wildman–Crippen MR) is 126 cm³/mol. The first-order valence-electron chi connectivity index (χ1n) is 11.8. The van der Waals surface area contributed by atoms with Gasteiger partial charge in [0.1, 0.15) is 6.54 Å². The zero-order chi connectivity index (χ0) is 29.2. The number of carbonyl (C=O) groups excluding carboxylic acids is 1. The van der Waals surface area contributed by atoms with Crippen molar-refractivity contribution in [1.82, 2.24) is 34.0 Å². The molecule has 1 aliphatic heterocycles. The number of aliphatic hydroxyl groups excluding tert-OH is 1. The fourth-order valence-corrected chi connectivity index (χ4v) is 3.97. The molecule has 0 unspecified atom stereocenters. The number of carbonyl (C=O) groups is 1. The summed E-state index contributed by atoms with van der Waals surface area (Å²) in [4.78, 5) is 31.5. The maximum atomic E-state index is 13.1. The SMILES string of the molecule is O=C(c1nc(Cn2nc(-c3ccc(Cl)cc3)n(C[C@H](O)C(F)(F)F)c2=O)nn1CCC(F)(F)F)N1CCOCC1.